The van der Waals surface area contributed by atoms with Crippen molar-refractivity contribution in [2.75, 3.05) is 5.32 Å². The van der Waals surface area contributed by atoms with Crippen LogP contribution < -0.4 is 15.6 Å². The predicted octanol–water partition coefficient (Wildman–Crippen LogP) is 5.00. The summed E-state index contributed by atoms with van der Waals surface area (Å²) in [6, 6.07) is 17.0. The molecule has 0 bridgehead atoms. The first-order valence-electron chi connectivity index (χ1n) is 8.94. The fraction of sp³-hybridized carbons (Fsp3) is 0.182. The normalized spacial score (nSPS) is 11.2. The molecule has 1 heterocycles. The lowest BCUT2D eigenvalue weighted by atomic mass is 10.1. The van der Waals surface area contributed by atoms with E-state index in [1.54, 1.807) is 56.4 Å². The van der Waals surface area contributed by atoms with Crippen LogP contribution in [-0.2, 0) is 11.3 Å². The summed E-state index contributed by atoms with van der Waals surface area (Å²) in [4.78, 5) is 25.0. The van der Waals surface area contributed by atoms with Gasteiger partial charge in [-0.2, -0.15) is 0 Å². The molecule has 0 aliphatic heterocycles. The summed E-state index contributed by atoms with van der Waals surface area (Å²) in [5.74, 6) is 0.175. The van der Waals surface area contributed by atoms with Crippen molar-refractivity contribution in [2.24, 2.45) is 0 Å². The molecule has 150 valence electrons. The zero-order valence-corrected chi connectivity index (χ0v) is 17.5. The van der Waals surface area contributed by atoms with Crippen LogP contribution in [0, 0.1) is 0 Å². The van der Waals surface area contributed by atoms with Gasteiger partial charge in [-0.05, 0) is 55.8 Å². The number of hydrogen-bond donors (Lipinski definition) is 1. The van der Waals surface area contributed by atoms with Gasteiger partial charge in [-0.15, -0.1) is 0 Å². The van der Waals surface area contributed by atoms with Gasteiger partial charge in [-0.3, -0.25) is 9.59 Å². The number of benzene rings is 2. The van der Waals surface area contributed by atoms with Gasteiger partial charge in [0.25, 0.3) is 11.5 Å². The molecule has 0 unspecified atom stereocenters. The van der Waals surface area contributed by atoms with Crippen molar-refractivity contribution in [1.82, 2.24) is 4.57 Å². The van der Waals surface area contributed by atoms with Crippen LogP contribution in [0.25, 0.3) is 0 Å². The molecule has 3 rings (SSSR count). The van der Waals surface area contributed by atoms with Gasteiger partial charge in [-0.25, -0.2) is 0 Å². The van der Waals surface area contributed by atoms with Crippen LogP contribution >= 0.6 is 23.2 Å². The third-order valence-electron chi connectivity index (χ3n) is 4.27. The van der Waals surface area contributed by atoms with Gasteiger partial charge in [0.2, 0.25) is 0 Å². The molecular weight excluding hydrogens is 411 g/mol. The highest BCUT2D eigenvalue weighted by atomic mass is 35.5. The average Bonchev–Trinajstić information content (AvgIpc) is 2.68. The molecule has 0 atom stereocenters. The molecule has 0 aliphatic rings. The van der Waals surface area contributed by atoms with E-state index in [9.17, 15) is 9.59 Å². The predicted molar refractivity (Wildman–Crippen MR) is 116 cm³/mol. The molecule has 0 aliphatic carbocycles. The van der Waals surface area contributed by atoms with Crippen molar-refractivity contribution in [2.45, 2.75) is 26.0 Å². The quantitative estimate of drug-likeness (QED) is 0.598. The largest absolute Gasteiger partial charge is 0.478 e. The maximum Gasteiger partial charge on any atom is 0.268 e. The topological polar surface area (TPSA) is 60.3 Å². The van der Waals surface area contributed by atoms with Crippen LogP contribution in [-0.4, -0.2) is 16.1 Å². The summed E-state index contributed by atoms with van der Waals surface area (Å²) < 4.78 is 7.29. The molecular formula is C22H20Cl2N2O3. The van der Waals surface area contributed by atoms with Crippen molar-refractivity contribution < 1.29 is 9.53 Å². The second-order valence-corrected chi connectivity index (χ2v) is 7.84. The van der Waals surface area contributed by atoms with E-state index in [0.29, 0.717) is 28.0 Å². The summed E-state index contributed by atoms with van der Waals surface area (Å²) in [5.41, 5.74) is -0.0440. The Morgan fingerprint density at radius 2 is 1.72 bits per heavy atom. The molecule has 0 saturated heterocycles. The van der Waals surface area contributed by atoms with Gasteiger partial charge in [-0.1, -0.05) is 41.4 Å². The smallest absolute Gasteiger partial charge is 0.268 e. The number of hydrogen-bond acceptors (Lipinski definition) is 3. The summed E-state index contributed by atoms with van der Waals surface area (Å²) in [6.45, 7) is 3.63. The fourth-order valence-electron chi connectivity index (χ4n) is 2.66. The number of nitrogens with zero attached hydrogens (tertiary/aromatic N) is 1. The van der Waals surface area contributed by atoms with Crippen molar-refractivity contribution in [1.29, 1.82) is 0 Å². The fourth-order valence-corrected chi connectivity index (χ4v) is 2.99. The average molecular weight is 431 g/mol. The highest BCUT2D eigenvalue weighted by molar-refractivity contribution is 6.31. The zero-order chi connectivity index (χ0) is 21.0. The van der Waals surface area contributed by atoms with Gasteiger partial charge in [0.1, 0.15) is 5.75 Å². The third-order valence-corrected chi connectivity index (χ3v) is 4.89. The maximum atomic E-state index is 12.7. The Bertz CT molecular complexity index is 1080. The Labute approximate surface area is 178 Å². The minimum absolute atomic E-state index is 0.195. The van der Waals surface area contributed by atoms with Crippen molar-refractivity contribution in [3.63, 3.8) is 0 Å². The van der Waals surface area contributed by atoms with E-state index in [0.717, 1.165) is 5.56 Å². The van der Waals surface area contributed by atoms with E-state index < -0.39 is 5.60 Å². The molecule has 0 spiro atoms. The van der Waals surface area contributed by atoms with Crippen LogP contribution in [0.15, 0.2) is 71.7 Å². The molecule has 1 amide bonds. The van der Waals surface area contributed by atoms with Crippen molar-refractivity contribution in [3.8, 4) is 5.75 Å². The molecule has 0 radical (unpaired) electrons. The van der Waals surface area contributed by atoms with E-state index in [1.807, 2.05) is 18.2 Å². The molecule has 29 heavy (non-hydrogen) atoms. The lowest BCUT2D eigenvalue weighted by molar-refractivity contribution is -0.128. The van der Waals surface area contributed by atoms with Gasteiger partial charge in [0, 0.05) is 22.3 Å². The number of pyridine rings is 1. The van der Waals surface area contributed by atoms with E-state index in [4.69, 9.17) is 27.9 Å². The van der Waals surface area contributed by atoms with Gasteiger partial charge < -0.3 is 14.6 Å². The van der Waals surface area contributed by atoms with Crippen LogP contribution in [0.2, 0.25) is 10.0 Å². The zero-order valence-electron chi connectivity index (χ0n) is 16.0. The van der Waals surface area contributed by atoms with Crippen LogP contribution in [0.3, 0.4) is 0 Å². The van der Waals surface area contributed by atoms with Gasteiger partial charge in [0.05, 0.1) is 12.2 Å². The van der Waals surface area contributed by atoms with E-state index in [-0.39, 0.29) is 11.5 Å². The Morgan fingerprint density at radius 1 is 1.03 bits per heavy atom. The maximum absolute atomic E-state index is 12.7. The number of nitrogens with one attached hydrogen (secondary N) is 1. The number of ether oxygens (including phenoxy) is 1. The summed E-state index contributed by atoms with van der Waals surface area (Å²) in [6.07, 6.45) is 1.59. The van der Waals surface area contributed by atoms with Crippen molar-refractivity contribution in [3.05, 3.63) is 92.8 Å². The molecule has 1 aromatic heterocycles. The van der Waals surface area contributed by atoms with Crippen LogP contribution in [0.1, 0.15) is 19.4 Å². The Balaban J connectivity index is 1.75. The first kappa shape index (κ1) is 21.0. The molecule has 0 saturated carbocycles. The van der Waals surface area contributed by atoms with Crippen LogP contribution in [0.5, 0.6) is 5.75 Å². The number of aromatic nitrogens is 1. The highest BCUT2D eigenvalue weighted by Crippen LogP contribution is 2.22. The van der Waals surface area contributed by atoms with E-state index in [1.165, 1.54) is 10.6 Å². The minimum Gasteiger partial charge on any atom is -0.478 e. The first-order valence-corrected chi connectivity index (χ1v) is 9.70. The Hall–Kier alpha value is -2.76. The number of anilines is 1. The number of halogens is 2. The summed E-state index contributed by atoms with van der Waals surface area (Å²) >= 11 is 12.1. The monoisotopic (exact) mass is 430 g/mol. The second kappa shape index (κ2) is 8.72. The number of carbonyl (C=O) groups excluding carboxylic acids is 1. The molecule has 5 nitrogen and oxygen atoms in total. The van der Waals surface area contributed by atoms with Crippen LogP contribution in [0.4, 0.5) is 5.69 Å². The van der Waals surface area contributed by atoms with Gasteiger partial charge >= 0.3 is 0 Å². The minimum atomic E-state index is -1.14. The number of amides is 1. The number of carbonyl (C=O) groups is 1. The molecule has 1 N–H and O–H groups in total. The third kappa shape index (κ3) is 5.40. The number of rotatable bonds is 6. The SMILES string of the molecule is CC(C)(Oc1ccc(Cl)cc1)C(=O)Nc1ccc(=O)n(Cc2ccccc2Cl)c1. The molecule has 0 fully saturated rings. The van der Waals surface area contributed by atoms with E-state index >= 15 is 0 Å². The van der Waals surface area contributed by atoms with E-state index in [2.05, 4.69) is 5.32 Å². The van der Waals surface area contributed by atoms with Crippen molar-refractivity contribution >= 4 is 34.8 Å². The Kier molecular flexibility index (Phi) is 6.30. The lowest BCUT2D eigenvalue weighted by Gasteiger charge is -2.25. The van der Waals surface area contributed by atoms with Gasteiger partial charge in [0.15, 0.2) is 5.60 Å². The second-order valence-electron chi connectivity index (χ2n) is 7.00. The molecule has 7 heteroatoms. The molecule has 3 aromatic rings. The highest BCUT2D eigenvalue weighted by Gasteiger charge is 2.30. The lowest BCUT2D eigenvalue weighted by Crippen LogP contribution is -2.42. The summed E-state index contributed by atoms with van der Waals surface area (Å²) in [5, 5.41) is 3.96. The standard InChI is InChI=1S/C22H20Cl2N2O3/c1-22(2,29-18-10-7-16(23)8-11-18)21(28)25-17-9-12-20(27)26(14-17)13-15-5-3-4-6-19(15)24/h3-12,14H,13H2,1-2H3,(H,25,28). The Morgan fingerprint density at radius 3 is 2.41 bits per heavy atom. The molecule has 2 aromatic carbocycles. The first-order chi connectivity index (χ1) is 13.7. The summed E-state index contributed by atoms with van der Waals surface area (Å²) in [7, 11) is 0.